The zero-order valence-corrected chi connectivity index (χ0v) is 24.5. The van der Waals surface area contributed by atoms with Crippen molar-refractivity contribution in [1.82, 2.24) is 0 Å². The van der Waals surface area contributed by atoms with Crippen LogP contribution in [0.5, 0.6) is 11.5 Å². The SMILES string of the molecule is COc1ccc(NS(=O)(=O)c2ccc(NC(=O)c3ccc(NS(=O)(=O)c4ccc(C)cc4)cc3Cl)cc2)c(OC)c1. The van der Waals surface area contributed by atoms with Gasteiger partial charge in [0.05, 0.1) is 46.0 Å². The van der Waals surface area contributed by atoms with Gasteiger partial charge in [-0.25, -0.2) is 16.8 Å². The van der Waals surface area contributed by atoms with Crippen molar-refractivity contribution in [2.75, 3.05) is 29.0 Å². The number of rotatable bonds is 10. The summed E-state index contributed by atoms with van der Waals surface area (Å²) in [5.74, 6) is 0.213. The first-order valence-electron chi connectivity index (χ1n) is 12.0. The van der Waals surface area contributed by atoms with Crippen LogP contribution in [-0.4, -0.2) is 37.0 Å². The van der Waals surface area contributed by atoms with Crippen molar-refractivity contribution >= 4 is 54.6 Å². The van der Waals surface area contributed by atoms with Crippen molar-refractivity contribution in [2.24, 2.45) is 0 Å². The van der Waals surface area contributed by atoms with E-state index in [0.29, 0.717) is 11.4 Å². The minimum Gasteiger partial charge on any atom is -0.497 e. The summed E-state index contributed by atoms with van der Waals surface area (Å²) in [6, 6.07) is 20.7. The Morgan fingerprint density at radius 1 is 0.707 bits per heavy atom. The maximum Gasteiger partial charge on any atom is 0.262 e. The number of nitrogens with one attached hydrogen (secondary N) is 3. The van der Waals surface area contributed by atoms with Crippen LogP contribution in [0.3, 0.4) is 0 Å². The second kappa shape index (κ2) is 12.1. The molecule has 0 aromatic heterocycles. The van der Waals surface area contributed by atoms with Crippen molar-refractivity contribution < 1.29 is 31.1 Å². The average molecular weight is 616 g/mol. The van der Waals surface area contributed by atoms with E-state index < -0.39 is 26.0 Å². The van der Waals surface area contributed by atoms with E-state index in [4.69, 9.17) is 21.1 Å². The van der Waals surface area contributed by atoms with Gasteiger partial charge in [-0.2, -0.15) is 0 Å². The van der Waals surface area contributed by atoms with Crippen LogP contribution in [-0.2, 0) is 20.0 Å². The highest BCUT2D eigenvalue weighted by Crippen LogP contribution is 2.31. The largest absolute Gasteiger partial charge is 0.497 e. The smallest absolute Gasteiger partial charge is 0.262 e. The van der Waals surface area contributed by atoms with Gasteiger partial charge in [-0.3, -0.25) is 14.2 Å². The van der Waals surface area contributed by atoms with Gasteiger partial charge in [0.25, 0.3) is 26.0 Å². The number of methoxy groups -OCH3 is 2. The van der Waals surface area contributed by atoms with Crippen molar-refractivity contribution in [3.05, 3.63) is 101 Å². The molecule has 0 aliphatic heterocycles. The molecule has 0 aliphatic carbocycles. The Morgan fingerprint density at radius 2 is 1.29 bits per heavy atom. The van der Waals surface area contributed by atoms with E-state index in [2.05, 4.69) is 14.8 Å². The molecule has 3 N–H and O–H groups in total. The van der Waals surface area contributed by atoms with Gasteiger partial charge in [-0.05, 0) is 73.7 Å². The van der Waals surface area contributed by atoms with E-state index in [1.165, 1.54) is 74.9 Å². The predicted molar refractivity (Wildman–Crippen MR) is 158 cm³/mol. The lowest BCUT2D eigenvalue weighted by Gasteiger charge is -2.13. The lowest BCUT2D eigenvalue weighted by atomic mass is 10.2. The highest BCUT2D eigenvalue weighted by atomic mass is 35.5. The third-order valence-electron chi connectivity index (χ3n) is 5.87. The minimum absolute atomic E-state index is 0.0171. The maximum atomic E-state index is 12.9. The molecule has 4 aromatic carbocycles. The van der Waals surface area contributed by atoms with E-state index in [-0.39, 0.29) is 37.5 Å². The van der Waals surface area contributed by atoms with E-state index in [1.807, 2.05) is 6.92 Å². The minimum atomic E-state index is -3.97. The summed E-state index contributed by atoms with van der Waals surface area (Å²) in [7, 11) is -4.92. The van der Waals surface area contributed by atoms with Crippen LogP contribution >= 0.6 is 11.6 Å². The maximum absolute atomic E-state index is 12.9. The van der Waals surface area contributed by atoms with Gasteiger partial charge in [-0.15, -0.1) is 0 Å². The highest BCUT2D eigenvalue weighted by Gasteiger charge is 2.19. The molecule has 4 rings (SSSR count). The predicted octanol–water partition coefficient (Wildman–Crippen LogP) is 5.52. The van der Waals surface area contributed by atoms with Crippen LogP contribution in [0.15, 0.2) is 94.7 Å². The first kappa shape index (κ1) is 29.7. The van der Waals surface area contributed by atoms with Gasteiger partial charge in [0.1, 0.15) is 11.5 Å². The molecule has 0 unspecified atom stereocenters. The Bertz CT molecular complexity index is 1790. The molecule has 13 heteroatoms. The molecular weight excluding hydrogens is 590 g/mol. The van der Waals surface area contributed by atoms with Crippen molar-refractivity contribution in [1.29, 1.82) is 0 Å². The molecule has 0 aliphatic rings. The number of carbonyl (C=O) groups is 1. The summed E-state index contributed by atoms with van der Waals surface area (Å²) >= 11 is 6.29. The topological polar surface area (TPSA) is 140 Å². The Kier molecular flexibility index (Phi) is 8.76. The highest BCUT2D eigenvalue weighted by molar-refractivity contribution is 7.93. The second-order valence-electron chi connectivity index (χ2n) is 8.76. The van der Waals surface area contributed by atoms with Gasteiger partial charge < -0.3 is 14.8 Å². The average Bonchev–Trinajstić information content (AvgIpc) is 2.93. The normalized spacial score (nSPS) is 11.4. The molecule has 0 heterocycles. The fourth-order valence-corrected chi connectivity index (χ4v) is 6.08. The van der Waals surface area contributed by atoms with Crippen molar-refractivity contribution in [3.63, 3.8) is 0 Å². The summed E-state index contributed by atoms with van der Waals surface area (Å²) in [4.78, 5) is 12.9. The summed E-state index contributed by atoms with van der Waals surface area (Å²) in [6.07, 6.45) is 0. The number of hydrogen-bond donors (Lipinski definition) is 3. The third kappa shape index (κ3) is 7.09. The molecular formula is C28H26ClN3O7S2. The monoisotopic (exact) mass is 615 g/mol. The van der Waals surface area contributed by atoms with E-state index >= 15 is 0 Å². The number of ether oxygens (including phenoxy) is 2. The fourth-order valence-electron chi connectivity index (χ4n) is 3.70. The molecule has 10 nitrogen and oxygen atoms in total. The number of amides is 1. The Labute approximate surface area is 243 Å². The second-order valence-corrected chi connectivity index (χ2v) is 12.5. The number of carbonyl (C=O) groups excluding carboxylic acids is 1. The number of sulfonamides is 2. The summed E-state index contributed by atoms with van der Waals surface area (Å²) in [6.45, 7) is 1.85. The van der Waals surface area contributed by atoms with Gasteiger partial charge >= 0.3 is 0 Å². The number of halogens is 1. The molecule has 4 aromatic rings. The van der Waals surface area contributed by atoms with E-state index in [9.17, 15) is 21.6 Å². The number of benzene rings is 4. The van der Waals surface area contributed by atoms with Gasteiger partial charge in [0.15, 0.2) is 0 Å². The Morgan fingerprint density at radius 3 is 1.88 bits per heavy atom. The third-order valence-corrected chi connectivity index (χ3v) is 8.96. The molecule has 0 bridgehead atoms. The molecule has 214 valence electrons. The van der Waals surface area contributed by atoms with E-state index in [0.717, 1.165) is 5.56 Å². The lowest BCUT2D eigenvalue weighted by Crippen LogP contribution is -2.15. The molecule has 0 saturated heterocycles. The van der Waals surface area contributed by atoms with Gasteiger partial charge in [0, 0.05) is 11.8 Å². The quantitative estimate of drug-likeness (QED) is 0.213. The van der Waals surface area contributed by atoms with E-state index in [1.54, 1.807) is 24.3 Å². The van der Waals surface area contributed by atoms with Crippen LogP contribution in [0.1, 0.15) is 15.9 Å². The summed E-state index contributed by atoms with van der Waals surface area (Å²) in [5.41, 5.74) is 1.74. The van der Waals surface area contributed by atoms with Gasteiger partial charge in [0.2, 0.25) is 0 Å². The number of aryl methyl sites for hydroxylation is 1. The van der Waals surface area contributed by atoms with Crippen LogP contribution in [0, 0.1) is 6.92 Å². The van der Waals surface area contributed by atoms with Crippen LogP contribution in [0.25, 0.3) is 0 Å². The molecule has 0 radical (unpaired) electrons. The standard InChI is InChI=1S/C28H26ClN3O7S2/c1-18-4-10-22(11-5-18)40(34,35)31-20-8-14-24(25(29)16-20)28(33)30-19-6-12-23(13-7-19)41(36,37)32-26-15-9-21(38-2)17-27(26)39-3/h4-17,31-32H,1-3H3,(H,30,33). The molecule has 1 amide bonds. The molecule has 41 heavy (non-hydrogen) atoms. The molecule has 0 atom stereocenters. The van der Waals surface area contributed by atoms with Gasteiger partial charge in [-0.1, -0.05) is 29.3 Å². The Hall–Kier alpha value is -4.26. The molecule has 0 fully saturated rings. The Balaban J connectivity index is 1.44. The van der Waals surface area contributed by atoms with Crippen molar-refractivity contribution in [2.45, 2.75) is 16.7 Å². The summed E-state index contributed by atoms with van der Waals surface area (Å²) in [5, 5.41) is 2.66. The zero-order valence-electron chi connectivity index (χ0n) is 22.1. The summed E-state index contributed by atoms with van der Waals surface area (Å²) < 4.78 is 66.4. The number of hydrogen-bond acceptors (Lipinski definition) is 7. The first-order valence-corrected chi connectivity index (χ1v) is 15.3. The molecule has 0 saturated carbocycles. The molecule has 0 spiro atoms. The van der Waals surface area contributed by atoms with Crippen LogP contribution < -0.4 is 24.2 Å². The van der Waals surface area contributed by atoms with Crippen LogP contribution in [0.4, 0.5) is 17.1 Å². The first-order chi connectivity index (χ1) is 19.4. The zero-order chi connectivity index (χ0) is 29.8. The van der Waals surface area contributed by atoms with Crippen molar-refractivity contribution in [3.8, 4) is 11.5 Å². The number of anilines is 3. The lowest BCUT2D eigenvalue weighted by molar-refractivity contribution is 0.102. The van der Waals surface area contributed by atoms with Crippen LogP contribution in [0.2, 0.25) is 5.02 Å². The fraction of sp³-hybridized carbons (Fsp3) is 0.107.